The summed E-state index contributed by atoms with van der Waals surface area (Å²) in [4.78, 5) is 19.5. The monoisotopic (exact) mass is 353 g/mol. The molecule has 2 aromatic carbocycles. The van der Waals surface area contributed by atoms with Crippen molar-refractivity contribution in [1.82, 2.24) is 9.55 Å². The minimum absolute atomic E-state index is 0.231. The topological polar surface area (TPSA) is 38.1 Å². The lowest BCUT2D eigenvalue weighted by molar-refractivity contribution is 0.418. The van der Waals surface area contributed by atoms with Gasteiger partial charge in [0.05, 0.1) is 11.2 Å². The van der Waals surface area contributed by atoms with Crippen LogP contribution in [0.5, 0.6) is 0 Å². The van der Waals surface area contributed by atoms with Crippen molar-refractivity contribution in [2.45, 2.75) is 20.3 Å². The Morgan fingerprint density at radius 1 is 1.12 bits per heavy atom. The molecule has 0 radical (unpaired) electrons. The number of para-hydroxylation sites is 1. The molecule has 128 valence electrons. The second kappa shape index (κ2) is 5.88. The van der Waals surface area contributed by atoms with Gasteiger partial charge in [0, 0.05) is 23.5 Å². The van der Waals surface area contributed by atoms with E-state index in [2.05, 4.69) is 23.7 Å². The van der Waals surface area contributed by atoms with E-state index in [-0.39, 0.29) is 11.1 Å². The molecule has 3 aromatic rings. The molecular formula is C20H20ClN3O. The van der Waals surface area contributed by atoms with Crippen LogP contribution in [0.4, 0.5) is 5.82 Å². The number of benzene rings is 2. The average molecular weight is 354 g/mol. The van der Waals surface area contributed by atoms with E-state index in [0.717, 1.165) is 41.9 Å². The van der Waals surface area contributed by atoms with Crippen molar-refractivity contribution in [3.8, 4) is 5.69 Å². The summed E-state index contributed by atoms with van der Waals surface area (Å²) in [5.41, 5.74) is 1.54. The summed E-state index contributed by atoms with van der Waals surface area (Å²) in [6.45, 7) is 6.30. The maximum absolute atomic E-state index is 12.9. The van der Waals surface area contributed by atoms with Crippen LogP contribution in [-0.4, -0.2) is 22.6 Å². The van der Waals surface area contributed by atoms with Crippen molar-refractivity contribution >= 4 is 28.3 Å². The average Bonchev–Trinajstić information content (AvgIpc) is 2.94. The van der Waals surface area contributed by atoms with Gasteiger partial charge in [-0.25, -0.2) is 4.79 Å². The third-order valence-electron chi connectivity index (χ3n) is 4.83. The molecule has 1 aliphatic heterocycles. The van der Waals surface area contributed by atoms with E-state index < -0.39 is 0 Å². The van der Waals surface area contributed by atoms with E-state index in [1.807, 2.05) is 48.5 Å². The molecule has 0 amide bonds. The third kappa shape index (κ3) is 2.91. The van der Waals surface area contributed by atoms with Gasteiger partial charge in [0.25, 0.3) is 0 Å². The molecule has 25 heavy (non-hydrogen) atoms. The second-order valence-corrected chi connectivity index (χ2v) is 7.82. The van der Waals surface area contributed by atoms with E-state index >= 15 is 0 Å². The van der Waals surface area contributed by atoms with Gasteiger partial charge in [-0.2, -0.15) is 4.98 Å². The molecule has 0 aliphatic carbocycles. The van der Waals surface area contributed by atoms with Crippen molar-refractivity contribution < 1.29 is 0 Å². The number of aromatic nitrogens is 2. The zero-order valence-corrected chi connectivity index (χ0v) is 15.1. The van der Waals surface area contributed by atoms with Gasteiger partial charge in [0.2, 0.25) is 0 Å². The highest BCUT2D eigenvalue weighted by atomic mass is 35.5. The Hall–Kier alpha value is -2.33. The van der Waals surface area contributed by atoms with Crippen LogP contribution in [0.3, 0.4) is 0 Å². The first-order valence-corrected chi connectivity index (χ1v) is 8.85. The smallest absolute Gasteiger partial charge is 0.354 e. The van der Waals surface area contributed by atoms with Crippen molar-refractivity contribution in [1.29, 1.82) is 0 Å². The standard InChI is InChI=1S/C20H20ClN3O/c1-20(2)10-11-23(13-20)18-16-9-8-14(21)12-17(16)24(19(25)22-18)15-6-4-3-5-7-15/h3-9,12H,10-11,13H2,1-2H3. The van der Waals surface area contributed by atoms with Gasteiger partial charge >= 0.3 is 5.69 Å². The van der Waals surface area contributed by atoms with E-state index in [1.54, 1.807) is 4.57 Å². The number of fused-ring (bicyclic) bond motifs is 1. The van der Waals surface area contributed by atoms with Gasteiger partial charge in [0.1, 0.15) is 5.82 Å². The van der Waals surface area contributed by atoms with Crippen LogP contribution >= 0.6 is 11.6 Å². The minimum Gasteiger partial charge on any atom is -0.355 e. The molecule has 4 nitrogen and oxygen atoms in total. The molecule has 0 N–H and O–H groups in total. The van der Waals surface area contributed by atoms with Crippen LogP contribution in [0, 0.1) is 5.41 Å². The molecule has 1 aliphatic rings. The van der Waals surface area contributed by atoms with Crippen LogP contribution in [0.15, 0.2) is 53.3 Å². The largest absolute Gasteiger partial charge is 0.355 e. The highest BCUT2D eigenvalue weighted by Crippen LogP contribution is 2.35. The van der Waals surface area contributed by atoms with Gasteiger partial charge in [-0.1, -0.05) is 43.6 Å². The van der Waals surface area contributed by atoms with E-state index in [9.17, 15) is 4.79 Å². The number of anilines is 1. The molecule has 4 rings (SSSR count). The SMILES string of the molecule is CC1(C)CCN(c2nc(=O)n(-c3ccccc3)c3cc(Cl)ccc23)C1. The van der Waals surface area contributed by atoms with E-state index in [1.165, 1.54) is 0 Å². The Bertz CT molecular complexity index is 995. The summed E-state index contributed by atoms with van der Waals surface area (Å²) in [5.74, 6) is 0.759. The van der Waals surface area contributed by atoms with Gasteiger partial charge in [0.15, 0.2) is 0 Å². The van der Waals surface area contributed by atoms with Crippen LogP contribution in [0.25, 0.3) is 16.6 Å². The lowest BCUT2D eigenvalue weighted by atomic mass is 9.93. The molecule has 0 bridgehead atoms. The molecule has 2 heterocycles. The molecule has 1 aromatic heterocycles. The summed E-state index contributed by atoms with van der Waals surface area (Å²) in [6, 6.07) is 15.2. The maximum Gasteiger partial charge on any atom is 0.354 e. The lowest BCUT2D eigenvalue weighted by Crippen LogP contribution is -2.29. The third-order valence-corrected chi connectivity index (χ3v) is 5.06. The highest BCUT2D eigenvalue weighted by Gasteiger charge is 2.31. The van der Waals surface area contributed by atoms with Crippen LogP contribution in [-0.2, 0) is 0 Å². The number of rotatable bonds is 2. The zero-order valence-electron chi connectivity index (χ0n) is 14.4. The summed E-state index contributed by atoms with van der Waals surface area (Å²) in [6.07, 6.45) is 1.09. The highest BCUT2D eigenvalue weighted by molar-refractivity contribution is 6.31. The lowest BCUT2D eigenvalue weighted by Gasteiger charge is -2.23. The van der Waals surface area contributed by atoms with Crippen LogP contribution in [0.2, 0.25) is 5.02 Å². The minimum atomic E-state index is -0.277. The quantitative estimate of drug-likeness (QED) is 0.690. The summed E-state index contributed by atoms with van der Waals surface area (Å²) < 4.78 is 1.63. The van der Waals surface area contributed by atoms with Crippen molar-refractivity contribution in [2.75, 3.05) is 18.0 Å². The number of nitrogens with zero attached hydrogens (tertiary/aromatic N) is 3. The van der Waals surface area contributed by atoms with Gasteiger partial charge in [-0.3, -0.25) is 4.57 Å². The zero-order chi connectivity index (χ0) is 17.6. The van der Waals surface area contributed by atoms with Gasteiger partial charge in [-0.05, 0) is 42.2 Å². The fourth-order valence-electron chi connectivity index (χ4n) is 3.54. The Labute approximate surface area is 151 Å². The molecular weight excluding hydrogens is 334 g/mol. The Kier molecular flexibility index (Phi) is 3.80. The first-order chi connectivity index (χ1) is 11.9. The summed E-state index contributed by atoms with van der Waals surface area (Å²) in [7, 11) is 0. The summed E-state index contributed by atoms with van der Waals surface area (Å²) in [5, 5.41) is 1.56. The predicted molar refractivity (Wildman–Crippen MR) is 103 cm³/mol. The van der Waals surface area contributed by atoms with Crippen LogP contribution < -0.4 is 10.6 Å². The Morgan fingerprint density at radius 3 is 2.56 bits per heavy atom. The van der Waals surface area contributed by atoms with Crippen LogP contribution in [0.1, 0.15) is 20.3 Å². The maximum atomic E-state index is 12.9. The molecule has 0 unspecified atom stereocenters. The van der Waals surface area contributed by atoms with Crippen molar-refractivity contribution in [3.05, 3.63) is 64.0 Å². The molecule has 0 atom stereocenters. The first-order valence-electron chi connectivity index (χ1n) is 8.47. The normalized spacial score (nSPS) is 16.5. The first kappa shape index (κ1) is 16.2. The Morgan fingerprint density at radius 2 is 1.88 bits per heavy atom. The van der Waals surface area contributed by atoms with Gasteiger partial charge < -0.3 is 4.90 Å². The fraction of sp³-hybridized carbons (Fsp3) is 0.300. The number of halogens is 1. The predicted octanol–water partition coefficient (Wildman–Crippen LogP) is 4.28. The van der Waals surface area contributed by atoms with Crippen molar-refractivity contribution in [2.24, 2.45) is 5.41 Å². The van der Waals surface area contributed by atoms with E-state index in [4.69, 9.17) is 11.6 Å². The molecule has 0 saturated carbocycles. The molecule has 1 saturated heterocycles. The van der Waals surface area contributed by atoms with Gasteiger partial charge in [-0.15, -0.1) is 0 Å². The fourth-order valence-corrected chi connectivity index (χ4v) is 3.71. The molecule has 5 heteroatoms. The Balaban J connectivity index is 1.98. The number of hydrogen-bond acceptors (Lipinski definition) is 3. The summed E-state index contributed by atoms with van der Waals surface area (Å²) >= 11 is 6.24. The number of hydrogen-bond donors (Lipinski definition) is 0. The van der Waals surface area contributed by atoms with Crippen molar-refractivity contribution in [3.63, 3.8) is 0 Å². The van der Waals surface area contributed by atoms with E-state index in [0.29, 0.717) is 5.02 Å². The second-order valence-electron chi connectivity index (χ2n) is 7.39. The molecule has 0 spiro atoms. The molecule has 1 fully saturated rings.